The fourth-order valence-corrected chi connectivity index (χ4v) is 2.14. The van der Waals surface area contributed by atoms with Crippen LogP contribution in [0, 0.1) is 5.92 Å². The topological polar surface area (TPSA) is 58.2 Å². The zero-order chi connectivity index (χ0) is 12.4. The maximum Gasteiger partial charge on any atom is 0.229 e. The summed E-state index contributed by atoms with van der Waals surface area (Å²) in [4.78, 5) is 22.9. The molecule has 1 unspecified atom stereocenters. The molecule has 1 atom stereocenters. The Hall–Kier alpha value is -1.07. The summed E-state index contributed by atoms with van der Waals surface area (Å²) < 4.78 is 0.831. The molecule has 17 heavy (non-hydrogen) atoms. The van der Waals surface area contributed by atoms with Gasteiger partial charge in [0.05, 0.1) is 16.6 Å². The molecule has 6 heteroatoms. The highest BCUT2D eigenvalue weighted by molar-refractivity contribution is 9.10. The first kappa shape index (κ1) is 12.4. The van der Waals surface area contributed by atoms with E-state index in [2.05, 4.69) is 26.6 Å². The van der Waals surface area contributed by atoms with Crippen LogP contribution in [0.4, 0.5) is 5.69 Å². The van der Waals surface area contributed by atoms with Crippen molar-refractivity contribution >= 4 is 45.0 Å². The molecule has 0 aliphatic carbocycles. The van der Waals surface area contributed by atoms with Crippen LogP contribution in [0.15, 0.2) is 22.7 Å². The molecule has 90 valence electrons. The van der Waals surface area contributed by atoms with E-state index in [0.29, 0.717) is 17.3 Å². The van der Waals surface area contributed by atoms with Crippen molar-refractivity contribution in [2.75, 3.05) is 11.9 Å². The van der Waals surface area contributed by atoms with Crippen LogP contribution in [0.3, 0.4) is 0 Å². The van der Waals surface area contributed by atoms with E-state index in [4.69, 9.17) is 11.6 Å². The lowest BCUT2D eigenvalue weighted by Gasteiger charge is -2.10. The number of carbonyl (C=O) groups is 2. The minimum Gasteiger partial charge on any atom is -0.355 e. The summed E-state index contributed by atoms with van der Waals surface area (Å²) in [6.07, 6.45) is 0.234. The van der Waals surface area contributed by atoms with Gasteiger partial charge in [0.1, 0.15) is 0 Å². The maximum absolute atomic E-state index is 11.8. The normalized spacial score (nSPS) is 18.9. The number of hydrogen-bond donors (Lipinski definition) is 2. The van der Waals surface area contributed by atoms with Crippen molar-refractivity contribution in [1.29, 1.82) is 0 Å². The molecule has 0 bridgehead atoms. The zero-order valence-corrected chi connectivity index (χ0v) is 11.1. The maximum atomic E-state index is 11.8. The SMILES string of the molecule is O=C1CC(C(=O)Nc2cc(Br)ccc2Cl)CN1. The summed E-state index contributed by atoms with van der Waals surface area (Å²) in [7, 11) is 0. The van der Waals surface area contributed by atoms with E-state index in [-0.39, 0.29) is 24.2 Å². The van der Waals surface area contributed by atoms with Gasteiger partial charge in [-0.3, -0.25) is 9.59 Å². The molecule has 0 spiro atoms. The molecule has 0 aromatic heterocycles. The van der Waals surface area contributed by atoms with Crippen molar-refractivity contribution in [2.24, 2.45) is 5.92 Å². The third-order valence-electron chi connectivity index (χ3n) is 2.53. The van der Waals surface area contributed by atoms with Gasteiger partial charge >= 0.3 is 0 Å². The average molecular weight is 318 g/mol. The van der Waals surface area contributed by atoms with Crippen molar-refractivity contribution in [1.82, 2.24) is 5.32 Å². The highest BCUT2D eigenvalue weighted by Crippen LogP contribution is 2.26. The Kier molecular flexibility index (Phi) is 3.69. The minimum absolute atomic E-state index is 0.0921. The molecule has 2 rings (SSSR count). The van der Waals surface area contributed by atoms with Gasteiger partial charge in [0.25, 0.3) is 0 Å². The van der Waals surface area contributed by atoms with E-state index in [9.17, 15) is 9.59 Å². The fourth-order valence-electron chi connectivity index (χ4n) is 1.62. The molecule has 1 aromatic carbocycles. The number of amides is 2. The van der Waals surface area contributed by atoms with Crippen LogP contribution in [0.2, 0.25) is 5.02 Å². The van der Waals surface area contributed by atoms with Gasteiger partial charge < -0.3 is 10.6 Å². The fraction of sp³-hybridized carbons (Fsp3) is 0.273. The molecule has 1 aliphatic rings. The molecule has 1 aromatic rings. The highest BCUT2D eigenvalue weighted by Gasteiger charge is 2.28. The van der Waals surface area contributed by atoms with Crippen molar-refractivity contribution < 1.29 is 9.59 Å². The Balaban J connectivity index is 2.07. The summed E-state index contributed by atoms with van der Waals surface area (Å²) in [6.45, 7) is 0.385. The van der Waals surface area contributed by atoms with E-state index < -0.39 is 0 Å². The number of rotatable bonds is 2. The van der Waals surface area contributed by atoms with Gasteiger partial charge in [0, 0.05) is 17.4 Å². The summed E-state index contributed by atoms with van der Waals surface area (Å²) >= 11 is 9.26. The smallest absolute Gasteiger partial charge is 0.229 e. The molecule has 1 fully saturated rings. The number of carbonyl (C=O) groups excluding carboxylic acids is 2. The van der Waals surface area contributed by atoms with E-state index >= 15 is 0 Å². The van der Waals surface area contributed by atoms with Gasteiger partial charge in [-0.05, 0) is 18.2 Å². The Morgan fingerprint density at radius 2 is 2.29 bits per heavy atom. The van der Waals surface area contributed by atoms with Crippen molar-refractivity contribution in [3.8, 4) is 0 Å². The number of halogens is 2. The summed E-state index contributed by atoms with van der Waals surface area (Å²) in [5.41, 5.74) is 0.547. The predicted molar refractivity (Wildman–Crippen MR) is 68.9 cm³/mol. The second kappa shape index (κ2) is 5.06. The summed E-state index contributed by atoms with van der Waals surface area (Å²) in [6, 6.07) is 5.21. The van der Waals surface area contributed by atoms with Crippen LogP contribution < -0.4 is 10.6 Å². The lowest BCUT2D eigenvalue weighted by molar-refractivity contribution is -0.123. The van der Waals surface area contributed by atoms with E-state index in [1.54, 1.807) is 18.2 Å². The van der Waals surface area contributed by atoms with Gasteiger partial charge in [-0.2, -0.15) is 0 Å². The van der Waals surface area contributed by atoms with Crippen LogP contribution in [0.25, 0.3) is 0 Å². The number of benzene rings is 1. The van der Waals surface area contributed by atoms with E-state index in [1.165, 1.54) is 0 Å². The molecule has 2 amide bonds. The Bertz CT molecular complexity index is 479. The first-order chi connectivity index (χ1) is 8.06. The number of nitrogens with one attached hydrogen (secondary N) is 2. The van der Waals surface area contributed by atoms with Gasteiger partial charge in [0.15, 0.2) is 0 Å². The Labute approximate surface area is 112 Å². The lowest BCUT2D eigenvalue weighted by Crippen LogP contribution is -2.24. The number of anilines is 1. The molecular weight excluding hydrogens is 307 g/mol. The molecule has 0 radical (unpaired) electrons. The largest absolute Gasteiger partial charge is 0.355 e. The number of hydrogen-bond acceptors (Lipinski definition) is 2. The molecule has 1 saturated heterocycles. The van der Waals surface area contributed by atoms with Crippen LogP contribution in [-0.2, 0) is 9.59 Å². The first-order valence-electron chi connectivity index (χ1n) is 5.09. The molecule has 0 saturated carbocycles. The molecule has 1 aliphatic heterocycles. The summed E-state index contributed by atoms with van der Waals surface area (Å²) in [5, 5.41) is 5.81. The third-order valence-corrected chi connectivity index (χ3v) is 3.36. The summed E-state index contributed by atoms with van der Waals surface area (Å²) in [5.74, 6) is -0.605. The van der Waals surface area contributed by atoms with Gasteiger partial charge in [-0.25, -0.2) is 0 Å². The lowest BCUT2D eigenvalue weighted by atomic mass is 10.1. The Morgan fingerprint density at radius 1 is 1.53 bits per heavy atom. The van der Waals surface area contributed by atoms with E-state index in [1.807, 2.05) is 0 Å². The second-order valence-electron chi connectivity index (χ2n) is 3.82. The molecule has 1 heterocycles. The molecular formula is C11H10BrClN2O2. The van der Waals surface area contributed by atoms with Crippen LogP contribution in [0.1, 0.15) is 6.42 Å². The van der Waals surface area contributed by atoms with Gasteiger partial charge in [0.2, 0.25) is 11.8 Å². The third kappa shape index (κ3) is 2.98. The van der Waals surface area contributed by atoms with Crippen molar-refractivity contribution in [2.45, 2.75) is 6.42 Å². The Morgan fingerprint density at radius 3 is 2.94 bits per heavy atom. The van der Waals surface area contributed by atoms with Crippen molar-refractivity contribution in [3.63, 3.8) is 0 Å². The van der Waals surface area contributed by atoms with Crippen LogP contribution in [0.5, 0.6) is 0 Å². The van der Waals surface area contributed by atoms with Gasteiger partial charge in [-0.15, -0.1) is 0 Å². The molecule has 2 N–H and O–H groups in total. The monoisotopic (exact) mass is 316 g/mol. The molecule has 4 nitrogen and oxygen atoms in total. The van der Waals surface area contributed by atoms with E-state index in [0.717, 1.165) is 4.47 Å². The van der Waals surface area contributed by atoms with Crippen LogP contribution in [-0.4, -0.2) is 18.4 Å². The second-order valence-corrected chi connectivity index (χ2v) is 5.14. The zero-order valence-electron chi connectivity index (χ0n) is 8.80. The predicted octanol–water partition coefficient (Wildman–Crippen LogP) is 2.18. The van der Waals surface area contributed by atoms with Gasteiger partial charge in [-0.1, -0.05) is 27.5 Å². The van der Waals surface area contributed by atoms with Crippen LogP contribution >= 0.6 is 27.5 Å². The minimum atomic E-state index is -0.322. The highest BCUT2D eigenvalue weighted by atomic mass is 79.9. The van der Waals surface area contributed by atoms with Crippen molar-refractivity contribution in [3.05, 3.63) is 27.7 Å². The standard InChI is InChI=1S/C11H10BrClN2O2/c12-7-1-2-8(13)9(4-7)15-11(17)6-3-10(16)14-5-6/h1-2,4,6H,3,5H2,(H,14,16)(H,15,17). The first-order valence-corrected chi connectivity index (χ1v) is 6.26. The average Bonchev–Trinajstić information content (AvgIpc) is 2.70. The quantitative estimate of drug-likeness (QED) is 0.878.